The number of rotatable bonds is 6. The first-order chi connectivity index (χ1) is 11.0. The quantitative estimate of drug-likeness (QED) is 0.756. The Morgan fingerprint density at radius 2 is 1.83 bits per heavy atom. The van der Waals surface area contributed by atoms with Gasteiger partial charge in [0.1, 0.15) is 0 Å². The fourth-order valence-electron chi connectivity index (χ4n) is 2.89. The molecule has 1 saturated heterocycles. The van der Waals surface area contributed by atoms with E-state index in [-0.39, 0.29) is 17.6 Å². The molecule has 2 rings (SSSR count). The van der Waals surface area contributed by atoms with E-state index in [1.165, 1.54) is 0 Å². The second-order valence-corrected chi connectivity index (χ2v) is 6.54. The van der Waals surface area contributed by atoms with Gasteiger partial charge in [0.05, 0.1) is 0 Å². The predicted octanol–water partition coefficient (Wildman–Crippen LogP) is 3.36. The summed E-state index contributed by atoms with van der Waals surface area (Å²) in [6, 6.07) is 7.86. The van der Waals surface area contributed by atoms with Crippen LogP contribution in [-0.4, -0.2) is 42.8 Å². The van der Waals surface area contributed by atoms with Gasteiger partial charge in [0.2, 0.25) is 5.91 Å². The summed E-state index contributed by atoms with van der Waals surface area (Å²) < 4.78 is 0. The van der Waals surface area contributed by atoms with Crippen LogP contribution in [-0.2, 0) is 4.79 Å². The van der Waals surface area contributed by atoms with Gasteiger partial charge < -0.3 is 9.80 Å². The van der Waals surface area contributed by atoms with Gasteiger partial charge in [-0.3, -0.25) is 9.59 Å². The highest BCUT2D eigenvalue weighted by Crippen LogP contribution is 2.20. The normalized spacial score (nSPS) is 15.1. The molecule has 1 amide bonds. The first-order valence-electron chi connectivity index (χ1n) is 8.70. The molecule has 1 heterocycles. The lowest BCUT2D eigenvalue weighted by Crippen LogP contribution is -2.48. The number of ketones is 1. The number of unbranched alkanes of at least 4 members (excludes halogenated alkanes) is 1. The Morgan fingerprint density at radius 3 is 2.43 bits per heavy atom. The number of amides is 1. The van der Waals surface area contributed by atoms with Crippen molar-refractivity contribution in [3.8, 4) is 0 Å². The molecule has 0 N–H and O–H groups in total. The SMILES string of the molecule is CCCCC(=O)N1CCN(c2cccc(C(=O)C(C)C)c2)CC1. The van der Waals surface area contributed by atoms with Gasteiger partial charge in [-0.15, -0.1) is 0 Å². The Kier molecular flexibility index (Phi) is 6.20. The van der Waals surface area contributed by atoms with Gasteiger partial charge in [-0.2, -0.15) is 0 Å². The third-order valence-corrected chi connectivity index (χ3v) is 4.40. The number of nitrogens with zero attached hydrogens (tertiary/aromatic N) is 2. The van der Waals surface area contributed by atoms with E-state index >= 15 is 0 Å². The van der Waals surface area contributed by atoms with Crippen molar-refractivity contribution in [3.05, 3.63) is 29.8 Å². The van der Waals surface area contributed by atoms with Crippen LogP contribution in [0.25, 0.3) is 0 Å². The number of carbonyl (C=O) groups is 2. The average molecular weight is 316 g/mol. The lowest BCUT2D eigenvalue weighted by molar-refractivity contribution is -0.131. The van der Waals surface area contributed by atoms with E-state index in [1.807, 2.05) is 43.0 Å². The van der Waals surface area contributed by atoms with Gasteiger partial charge in [-0.1, -0.05) is 39.3 Å². The third kappa shape index (κ3) is 4.57. The molecule has 0 bridgehead atoms. The number of benzene rings is 1. The number of hydrogen-bond acceptors (Lipinski definition) is 3. The van der Waals surface area contributed by atoms with E-state index in [0.717, 1.165) is 50.3 Å². The molecule has 1 aliphatic rings. The highest BCUT2D eigenvalue weighted by Gasteiger charge is 2.21. The highest BCUT2D eigenvalue weighted by molar-refractivity contribution is 5.98. The summed E-state index contributed by atoms with van der Waals surface area (Å²) in [6.45, 7) is 9.16. The fourth-order valence-corrected chi connectivity index (χ4v) is 2.89. The molecule has 0 radical (unpaired) electrons. The highest BCUT2D eigenvalue weighted by atomic mass is 16.2. The van der Waals surface area contributed by atoms with Crippen LogP contribution >= 0.6 is 0 Å². The molecule has 4 heteroatoms. The Bertz CT molecular complexity index is 546. The maximum Gasteiger partial charge on any atom is 0.222 e. The van der Waals surface area contributed by atoms with E-state index in [4.69, 9.17) is 0 Å². The molecule has 1 aromatic carbocycles. The zero-order chi connectivity index (χ0) is 16.8. The maximum absolute atomic E-state index is 12.1. The van der Waals surface area contributed by atoms with Gasteiger partial charge in [-0.05, 0) is 18.6 Å². The second-order valence-electron chi connectivity index (χ2n) is 6.54. The summed E-state index contributed by atoms with van der Waals surface area (Å²) in [5.74, 6) is 0.466. The summed E-state index contributed by atoms with van der Waals surface area (Å²) in [5.41, 5.74) is 1.86. The summed E-state index contributed by atoms with van der Waals surface area (Å²) in [4.78, 5) is 28.5. The summed E-state index contributed by atoms with van der Waals surface area (Å²) in [5, 5.41) is 0. The van der Waals surface area contributed by atoms with E-state index in [2.05, 4.69) is 11.8 Å². The van der Waals surface area contributed by atoms with Crippen LogP contribution in [0.15, 0.2) is 24.3 Å². The monoisotopic (exact) mass is 316 g/mol. The van der Waals surface area contributed by atoms with Crippen molar-refractivity contribution in [3.63, 3.8) is 0 Å². The first kappa shape index (κ1) is 17.5. The van der Waals surface area contributed by atoms with Crippen LogP contribution in [0.4, 0.5) is 5.69 Å². The van der Waals surface area contributed by atoms with E-state index in [0.29, 0.717) is 6.42 Å². The van der Waals surface area contributed by atoms with Crippen LogP contribution in [0.3, 0.4) is 0 Å². The molecule has 0 saturated carbocycles. The smallest absolute Gasteiger partial charge is 0.222 e. The minimum Gasteiger partial charge on any atom is -0.368 e. The van der Waals surface area contributed by atoms with Gasteiger partial charge in [0, 0.05) is 49.8 Å². The van der Waals surface area contributed by atoms with Gasteiger partial charge in [0.25, 0.3) is 0 Å². The molecule has 23 heavy (non-hydrogen) atoms. The largest absolute Gasteiger partial charge is 0.368 e. The van der Waals surface area contributed by atoms with Gasteiger partial charge in [0.15, 0.2) is 5.78 Å². The summed E-state index contributed by atoms with van der Waals surface area (Å²) in [6.07, 6.45) is 2.69. The van der Waals surface area contributed by atoms with Crippen molar-refractivity contribution < 1.29 is 9.59 Å². The van der Waals surface area contributed by atoms with Crippen molar-refractivity contribution in [1.82, 2.24) is 4.90 Å². The lowest BCUT2D eigenvalue weighted by atomic mass is 10.0. The number of anilines is 1. The number of hydrogen-bond donors (Lipinski definition) is 0. The van der Waals surface area contributed by atoms with Crippen LogP contribution in [0.2, 0.25) is 0 Å². The molecule has 0 aromatic heterocycles. The molecule has 126 valence electrons. The number of piperazine rings is 1. The van der Waals surface area contributed by atoms with E-state index in [1.54, 1.807) is 0 Å². The maximum atomic E-state index is 12.1. The van der Waals surface area contributed by atoms with Crippen LogP contribution in [0.1, 0.15) is 50.4 Å². The van der Waals surface area contributed by atoms with Crippen molar-refractivity contribution in [2.45, 2.75) is 40.0 Å². The van der Waals surface area contributed by atoms with Crippen LogP contribution < -0.4 is 4.90 Å². The Morgan fingerprint density at radius 1 is 1.13 bits per heavy atom. The molecular weight excluding hydrogens is 288 g/mol. The van der Waals surface area contributed by atoms with Crippen LogP contribution in [0, 0.1) is 5.92 Å². The molecule has 1 fully saturated rings. The van der Waals surface area contributed by atoms with Crippen molar-refractivity contribution in [2.24, 2.45) is 5.92 Å². The second kappa shape index (κ2) is 8.14. The van der Waals surface area contributed by atoms with E-state index < -0.39 is 0 Å². The zero-order valence-electron chi connectivity index (χ0n) is 14.5. The molecule has 0 aliphatic carbocycles. The van der Waals surface area contributed by atoms with E-state index in [9.17, 15) is 9.59 Å². The molecule has 1 aromatic rings. The topological polar surface area (TPSA) is 40.6 Å². The van der Waals surface area contributed by atoms with Crippen molar-refractivity contribution >= 4 is 17.4 Å². The van der Waals surface area contributed by atoms with Gasteiger partial charge in [-0.25, -0.2) is 0 Å². The molecule has 1 aliphatic heterocycles. The van der Waals surface area contributed by atoms with Crippen molar-refractivity contribution in [1.29, 1.82) is 0 Å². The number of carbonyl (C=O) groups excluding carboxylic acids is 2. The Labute approximate surface area is 139 Å². The van der Waals surface area contributed by atoms with Gasteiger partial charge >= 0.3 is 0 Å². The minimum atomic E-state index is 0.0123. The molecular formula is C19H28N2O2. The minimum absolute atomic E-state index is 0.0123. The average Bonchev–Trinajstić information content (AvgIpc) is 2.59. The fraction of sp³-hybridized carbons (Fsp3) is 0.579. The first-order valence-corrected chi connectivity index (χ1v) is 8.70. The molecule has 0 atom stereocenters. The lowest BCUT2D eigenvalue weighted by Gasteiger charge is -2.36. The molecule has 0 spiro atoms. The number of Topliss-reactive ketones (excluding diaryl/α,β-unsaturated/α-hetero) is 1. The molecule has 0 unspecified atom stereocenters. The third-order valence-electron chi connectivity index (χ3n) is 4.40. The van der Waals surface area contributed by atoms with Crippen molar-refractivity contribution in [2.75, 3.05) is 31.1 Å². The zero-order valence-corrected chi connectivity index (χ0v) is 14.5. The summed E-state index contributed by atoms with van der Waals surface area (Å²) >= 11 is 0. The summed E-state index contributed by atoms with van der Waals surface area (Å²) in [7, 11) is 0. The Hall–Kier alpha value is -1.84. The standard InChI is InChI=1S/C19H28N2O2/c1-4-5-9-18(22)21-12-10-20(11-13-21)17-8-6-7-16(14-17)19(23)15(2)3/h6-8,14-15H,4-5,9-13H2,1-3H3. The molecule has 4 nitrogen and oxygen atoms in total. The predicted molar refractivity (Wildman–Crippen MR) is 93.9 cm³/mol. The van der Waals surface area contributed by atoms with Crippen LogP contribution in [0.5, 0.6) is 0 Å². The Balaban J connectivity index is 1.96.